The average Bonchev–Trinajstić information content (AvgIpc) is 3.35. The van der Waals surface area contributed by atoms with Gasteiger partial charge in [-0.3, -0.25) is 4.79 Å². The van der Waals surface area contributed by atoms with Crippen LogP contribution in [0.15, 0.2) is 68.7 Å². The van der Waals surface area contributed by atoms with E-state index >= 15 is 0 Å². The van der Waals surface area contributed by atoms with Crippen LogP contribution in [0, 0.1) is 0 Å². The summed E-state index contributed by atoms with van der Waals surface area (Å²) < 4.78 is 55.8. The molecule has 1 fully saturated rings. The Morgan fingerprint density at radius 2 is 1.64 bits per heavy atom. The van der Waals surface area contributed by atoms with Crippen LogP contribution in [0.3, 0.4) is 0 Å². The Balaban J connectivity index is 1.50. The first-order chi connectivity index (χ1) is 17.0. The zero-order valence-electron chi connectivity index (χ0n) is 20.1. The van der Waals surface area contributed by atoms with Crippen LogP contribution in [0.25, 0.3) is 0 Å². The van der Waals surface area contributed by atoms with E-state index in [-0.39, 0.29) is 31.6 Å². The van der Waals surface area contributed by atoms with Crippen LogP contribution in [-0.2, 0) is 19.7 Å². The van der Waals surface area contributed by atoms with Crippen LogP contribution in [0.2, 0.25) is 0 Å². The summed E-state index contributed by atoms with van der Waals surface area (Å²) in [5, 5.41) is 0.569. The Morgan fingerprint density at radius 1 is 0.972 bits per heavy atom. The van der Waals surface area contributed by atoms with Crippen molar-refractivity contribution in [1.82, 2.24) is 9.88 Å². The topological polar surface area (TPSA) is 114 Å². The molecular weight excluding hydrogens is 522 g/mol. The Bertz CT molecular complexity index is 1460. The van der Waals surface area contributed by atoms with Crippen LogP contribution in [0.4, 0.5) is 5.13 Å². The van der Waals surface area contributed by atoms with Gasteiger partial charge in [-0.1, -0.05) is 29.5 Å². The summed E-state index contributed by atoms with van der Waals surface area (Å²) in [6.45, 7) is 5.30. The number of sulfone groups is 2. The number of carbonyl (C=O) groups excluding carboxylic acids is 1. The summed E-state index contributed by atoms with van der Waals surface area (Å²) >= 11 is 1.10. The fourth-order valence-electron chi connectivity index (χ4n) is 3.77. The molecule has 2 heterocycles. The molecule has 9 nitrogen and oxygen atoms in total. The number of thiazole rings is 1. The zero-order valence-corrected chi connectivity index (χ0v) is 22.6. The van der Waals surface area contributed by atoms with Crippen molar-refractivity contribution >= 4 is 42.1 Å². The second kappa shape index (κ2) is 10.2. The molecule has 0 atom stereocenters. The quantitative estimate of drug-likeness (QED) is 0.442. The van der Waals surface area contributed by atoms with Gasteiger partial charge >= 0.3 is 0 Å². The molecule has 3 aromatic rings. The molecule has 1 amide bonds. The number of hydrogen-bond donors (Lipinski definition) is 0. The SMILES string of the molecule is CC(C)Oc1ccc(S(C)(=O)=O)cc1C(=O)N1CCN(c2ncc(S(=O)(=O)c3ccccc3)s2)CC1. The molecule has 12 heteroatoms. The number of ether oxygens (including phenoxy) is 1. The van der Waals surface area contributed by atoms with Gasteiger partial charge in [-0.2, -0.15) is 0 Å². The predicted molar refractivity (Wildman–Crippen MR) is 137 cm³/mol. The molecule has 1 aromatic heterocycles. The van der Waals surface area contributed by atoms with Crippen molar-refractivity contribution in [3.05, 3.63) is 60.3 Å². The molecule has 0 aliphatic carbocycles. The Kier molecular flexibility index (Phi) is 7.39. The summed E-state index contributed by atoms with van der Waals surface area (Å²) in [7, 11) is -7.15. The van der Waals surface area contributed by atoms with Crippen molar-refractivity contribution in [3.63, 3.8) is 0 Å². The minimum Gasteiger partial charge on any atom is -0.490 e. The van der Waals surface area contributed by atoms with Crippen molar-refractivity contribution in [2.75, 3.05) is 37.3 Å². The van der Waals surface area contributed by atoms with Gasteiger partial charge in [0.1, 0.15) is 9.96 Å². The van der Waals surface area contributed by atoms with Crippen molar-refractivity contribution in [2.45, 2.75) is 34.0 Å². The van der Waals surface area contributed by atoms with Crippen molar-refractivity contribution < 1.29 is 26.4 Å². The first-order valence-electron chi connectivity index (χ1n) is 11.3. The van der Waals surface area contributed by atoms with Gasteiger partial charge in [-0.15, -0.1) is 0 Å². The predicted octanol–water partition coefficient (Wildman–Crippen LogP) is 3.13. The second-order valence-corrected chi connectivity index (χ2v) is 13.9. The highest BCUT2D eigenvalue weighted by molar-refractivity contribution is 7.93. The zero-order chi connectivity index (χ0) is 26.1. The molecule has 1 aliphatic rings. The van der Waals surface area contributed by atoms with E-state index in [9.17, 15) is 21.6 Å². The first kappa shape index (κ1) is 26.1. The molecule has 0 radical (unpaired) electrons. The second-order valence-electron chi connectivity index (χ2n) is 8.65. The molecule has 0 N–H and O–H groups in total. The van der Waals surface area contributed by atoms with Crippen LogP contribution < -0.4 is 9.64 Å². The largest absolute Gasteiger partial charge is 0.490 e. The lowest BCUT2D eigenvalue weighted by atomic mass is 10.1. The molecule has 1 aliphatic heterocycles. The van der Waals surface area contributed by atoms with Crippen LogP contribution in [-0.4, -0.2) is 71.2 Å². The van der Waals surface area contributed by atoms with E-state index in [1.165, 1.54) is 24.4 Å². The third-order valence-electron chi connectivity index (χ3n) is 5.60. The summed E-state index contributed by atoms with van der Waals surface area (Å²) in [5.74, 6) is 0.0165. The molecule has 2 aromatic carbocycles. The van der Waals surface area contributed by atoms with E-state index in [1.807, 2.05) is 18.7 Å². The maximum atomic E-state index is 13.4. The lowest BCUT2D eigenvalue weighted by Gasteiger charge is -2.35. The van der Waals surface area contributed by atoms with Crippen LogP contribution in [0.1, 0.15) is 24.2 Å². The summed E-state index contributed by atoms with van der Waals surface area (Å²) in [5.41, 5.74) is 0.200. The fraction of sp³-hybridized carbons (Fsp3) is 0.333. The lowest BCUT2D eigenvalue weighted by molar-refractivity contribution is 0.0740. The highest BCUT2D eigenvalue weighted by atomic mass is 32.2. The lowest BCUT2D eigenvalue weighted by Crippen LogP contribution is -2.48. The van der Waals surface area contributed by atoms with Crippen LogP contribution >= 0.6 is 11.3 Å². The first-order valence-corrected chi connectivity index (χ1v) is 15.5. The van der Waals surface area contributed by atoms with Gasteiger partial charge in [0.2, 0.25) is 9.84 Å². The number of rotatable bonds is 7. The number of piperazine rings is 1. The molecule has 192 valence electrons. The summed E-state index contributed by atoms with van der Waals surface area (Å²) in [6.07, 6.45) is 2.27. The average molecular weight is 550 g/mol. The summed E-state index contributed by atoms with van der Waals surface area (Å²) in [6, 6.07) is 12.5. The molecule has 0 spiro atoms. The number of nitrogens with zero attached hydrogens (tertiary/aromatic N) is 3. The molecule has 4 rings (SSSR count). The maximum absolute atomic E-state index is 13.4. The molecule has 0 unspecified atom stereocenters. The maximum Gasteiger partial charge on any atom is 0.257 e. The molecule has 36 heavy (non-hydrogen) atoms. The fourth-order valence-corrected chi connectivity index (χ4v) is 7.01. The van der Waals surface area contributed by atoms with Crippen LogP contribution in [0.5, 0.6) is 5.75 Å². The Hall–Kier alpha value is -2.96. The number of benzene rings is 2. The van der Waals surface area contributed by atoms with Gasteiger partial charge in [0, 0.05) is 32.4 Å². The summed E-state index contributed by atoms with van der Waals surface area (Å²) in [4.78, 5) is 21.5. The number of hydrogen-bond acceptors (Lipinski definition) is 9. The third kappa shape index (κ3) is 5.55. The van der Waals surface area contributed by atoms with Gasteiger partial charge < -0.3 is 14.5 Å². The van der Waals surface area contributed by atoms with Crippen molar-refractivity contribution in [2.24, 2.45) is 0 Å². The number of aromatic nitrogens is 1. The number of carbonyl (C=O) groups is 1. The highest BCUT2D eigenvalue weighted by Crippen LogP contribution is 2.31. The Labute approximate surface area is 215 Å². The van der Waals surface area contributed by atoms with Gasteiger partial charge in [-0.25, -0.2) is 21.8 Å². The highest BCUT2D eigenvalue weighted by Gasteiger charge is 2.28. The van der Waals surface area contributed by atoms with Gasteiger partial charge in [0.25, 0.3) is 5.91 Å². The molecule has 0 saturated carbocycles. The number of amides is 1. The van der Waals surface area contributed by atoms with Crippen molar-refractivity contribution in [1.29, 1.82) is 0 Å². The van der Waals surface area contributed by atoms with Crippen molar-refractivity contribution in [3.8, 4) is 5.75 Å². The van der Waals surface area contributed by atoms with Gasteiger partial charge in [0.05, 0.1) is 27.7 Å². The van der Waals surface area contributed by atoms with Gasteiger partial charge in [-0.05, 0) is 44.2 Å². The molecule has 0 bridgehead atoms. The number of anilines is 1. The minimum absolute atomic E-state index is 0.0514. The normalized spacial score (nSPS) is 14.8. The minimum atomic E-state index is -3.65. The smallest absolute Gasteiger partial charge is 0.257 e. The van der Waals surface area contributed by atoms with Gasteiger partial charge in [0.15, 0.2) is 15.0 Å². The van der Waals surface area contributed by atoms with E-state index in [1.54, 1.807) is 35.2 Å². The van der Waals surface area contributed by atoms with E-state index in [2.05, 4.69) is 4.98 Å². The molecule has 1 saturated heterocycles. The standard InChI is InChI=1S/C24H27N3O6S3/c1-17(2)33-21-10-9-19(35(3,29)30)15-20(21)23(28)26-11-13-27(14-12-26)24-25-16-22(34-24)36(31,32)18-7-5-4-6-8-18/h4-10,15-17H,11-14H2,1-3H3. The van der Waals surface area contributed by atoms with E-state index in [0.717, 1.165) is 17.6 Å². The van der Waals surface area contributed by atoms with E-state index in [0.29, 0.717) is 37.1 Å². The monoisotopic (exact) mass is 549 g/mol. The third-order valence-corrected chi connectivity index (χ3v) is 10.00. The van der Waals surface area contributed by atoms with E-state index in [4.69, 9.17) is 4.74 Å². The molecular formula is C24H27N3O6S3. The van der Waals surface area contributed by atoms with E-state index < -0.39 is 19.7 Å². The Morgan fingerprint density at radius 3 is 2.25 bits per heavy atom.